The SMILES string of the molecule is Nc1c(Br)cccc1-c1nc(CSC2CCCCC2)no1. The second-order valence-corrected chi connectivity index (χ2v) is 7.43. The molecule has 1 fully saturated rings. The molecule has 1 heterocycles. The molecule has 0 radical (unpaired) electrons. The Hall–Kier alpha value is -1.01. The molecule has 2 N–H and O–H groups in total. The predicted octanol–water partition coefficient (Wildman–Crippen LogP) is 4.65. The summed E-state index contributed by atoms with van der Waals surface area (Å²) in [6, 6.07) is 5.71. The summed E-state index contributed by atoms with van der Waals surface area (Å²) < 4.78 is 6.19. The van der Waals surface area contributed by atoms with Gasteiger partial charge in [-0.2, -0.15) is 16.7 Å². The maximum atomic E-state index is 6.03. The number of nitrogens with two attached hydrogens (primary N) is 1. The summed E-state index contributed by atoms with van der Waals surface area (Å²) in [5, 5.41) is 4.82. The number of nitrogen functional groups attached to an aromatic ring is 1. The molecular weight excluding hydrogens is 350 g/mol. The molecule has 1 saturated carbocycles. The first-order valence-electron chi connectivity index (χ1n) is 7.22. The van der Waals surface area contributed by atoms with Gasteiger partial charge in [0, 0.05) is 9.72 Å². The Morgan fingerprint density at radius 1 is 1.29 bits per heavy atom. The van der Waals surface area contributed by atoms with Gasteiger partial charge >= 0.3 is 0 Å². The standard InChI is InChI=1S/C15H18BrN3OS/c16-12-8-4-7-11(14(12)17)15-18-13(19-20-15)9-21-10-5-2-1-3-6-10/h4,7-8,10H,1-3,5-6,9,17H2. The van der Waals surface area contributed by atoms with Crippen LogP contribution in [0.4, 0.5) is 5.69 Å². The molecule has 3 rings (SSSR count). The van der Waals surface area contributed by atoms with Gasteiger partial charge in [-0.05, 0) is 40.9 Å². The van der Waals surface area contributed by atoms with Crippen molar-refractivity contribution in [3.05, 3.63) is 28.5 Å². The Morgan fingerprint density at radius 3 is 2.90 bits per heavy atom. The third-order valence-corrected chi connectivity index (χ3v) is 5.81. The number of benzene rings is 1. The van der Waals surface area contributed by atoms with E-state index in [2.05, 4.69) is 26.1 Å². The van der Waals surface area contributed by atoms with E-state index in [1.165, 1.54) is 32.1 Å². The molecule has 0 amide bonds. The van der Waals surface area contributed by atoms with Crippen LogP contribution < -0.4 is 5.73 Å². The minimum atomic E-state index is 0.494. The zero-order valence-corrected chi connectivity index (χ0v) is 14.1. The normalized spacial score (nSPS) is 16.2. The fourth-order valence-corrected chi connectivity index (χ4v) is 4.10. The van der Waals surface area contributed by atoms with Crippen molar-refractivity contribution >= 4 is 33.4 Å². The van der Waals surface area contributed by atoms with Crippen molar-refractivity contribution in [2.45, 2.75) is 43.1 Å². The molecule has 0 unspecified atom stereocenters. The fraction of sp³-hybridized carbons (Fsp3) is 0.467. The largest absolute Gasteiger partial charge is 0.397 e. The number of hydrogen-bond donors (Lipinski definition) is 1. The average Bonchev–Trinajstić information content (AvgIpc) is 2.98. The van der Waals surface area contributed by atoms with Gasteiger partial charge in [0.1, 0.15) is 0 Å². The Kier molecular flexibility index (Phi) is 4.85. The molecule has 0 aliphatic heterocycles. The van der Waals surface area contributed by atoms with E-state index >= 15 is 0 Å². The Labute approximate surface area is 137 Å². The summed E-state index contributed by atoms with van der Waals surface area (Å²) in [6.45, 7) is 0. The molecule has 0 spiro atoms. The molecule has 112 valence electrons. The molecule has 0 saturated heterocycles. The van der Waals surface area contributed by atoms with Crippen LogP contribution in [0.1, 0.15) is 37.9 Å². The number of hydrogen-bond acceptors (Lipinski definition) is 5. The molecule has 21 heavy (non-hydrogen) atoms. The molecule has 1 aromatic carbocycles. The van der Waals surface area contributed by atoms with E-state index in [1.54, 1.807) is 0 Å². The van der Waals surface area contributed by atoms with Crippen molar-refractivity contribution < 1.29 is 4.52 Å². The summed E-state index contributed by atoms with van der Waals surface area (Å²) in [5.41, 5.74) is 7.45. The number of halogens is 1. The van der Waals surface area contributed by atoms with Gasteiger partial charge in [0.15, 0.2) is 5.82 Å². The highest BCUT2D eigenvalue weighted by Gasteiger charge is 2.17. The van der Waals surface area contributed by atoms with Crippen LogP contribution in [0.2, 0.25) is 0 Å². The lowest BCUT2D eigenvalue weighted by Crippen LogP contribution is -2.08. The van der Waals surface area contributed by atoms with Gasteiger partial charge in [-0.15, -0.1) is 0 Å². The van der Waals surface area contributed by atoms with Crippen molar-refractivity contribution in [1.29, 1.82) is 0 Å². The van der Waals surface area contributed by atoms with Crippen LogP contribution in [-0.2, 0) is 5.75 Å². The molecular formula is C15H18BrN3OS. The Bertz CT molecular complexity index is 611. The fourth-order valence-electron chi connectivity index (χ4n) is 2.57. The third-order valence-electron chi connectivity index (χ3n) is 3.75. The summed E-state index contributed by atoms with van der Waals surface area (Å²) >= 11 is 5.35. The van der Waals surface area contributed by atoms with Crippen LogP contribution in [0.3, 0.4) is 0 Å². The molecule has 1 aromatic heterocycles. The lowest BCUT2D eigenvalue weighted by atomic mass is 10.0. The average molecular weight is 368 g/mol. The smallest absolute Gasteiger partial charge is 0.260 e. The van der Waals surface area contributed by atoms with Crippen molar-refractivity contribution in [3.8, 4) is 11.5 Å². The highest BCUT2D eigenvalue weighted by molar-refractivity contribution is 9.10. The van der Waals surface area contributed by atoms with Gasteiger partial charge in [0.05, 0.1) is 17.0 Å². The first-order valence-corrected chi connectivity index (χ1v) is 9.07. The molecule has 1 aliphatic rings. The van der Waals surface area contributed by atoms with Gasteiger partial charge in [-0.3, -0.25) is 0 Å². The number of thioether (sulfide) groups is 1. The van der Waals surface area contributed by atoms with Gasteiger partial charge in [-0.25, -0.2) is 0 Å². The summed E-state index contributed by atoms with van der Waals surface area (Å²) in [4.78, 5) is 4.47. The van der Waals surface area contributed by atoms with Crippen LogP contribution in [0.25, 0.3) is 11.5 Å². The number of rotatable bonds is 4. The van der Waals surface area contributed by atoms with Crippen molar-refractivity contribution in [3.63, 3.8) is 0 Å². The first kappa shape index (κ1) is 14.9. The second kappa shape index (κ2) is 6.83. The molecule has 6 heteroatoms. The quantitative estimate of drug-likeness (QED) is 0.796. The Balaban J connectivity index is 1.67. The number of aromatic nitrogens is 2. The van der Waals surface area contributed by atoms with E-state index in [-0.39, 0.29) is 0 Å². The van der Waals surface area contributed by atoms with Gasteiger partial charge in [0.2, 0.25) is 0 Å². The highest BCUT2D eigenvalue weighted by atomic mass is 79.9. The molecule has 0 bridgehead atoms. The van der Waals surface area contributed by atoms with Crippen molar-refractivity contribution in [1.82, 2.24) is 10.1 Å². The minimum Gasteiger partial charge on any atom is -0.397 e. The van der Waals surface area contributed by atoms with Crippen LogP contribution in [0.15, 0.2) is 27.2 Å². The van der Waals surface area contributed by atoms with E-state index in [1.807, 2.05) is 30.0 Å². The maximum absolute atomic E-state index is 6.03. The van der Waals surface area contributed by atoms with Gasteiger partial charge < -0.3 is 10.3 Å². The molecule has 4 nitrogen and oxygen atoms in total. The van der Waals surface area contributed by atoms with E-state index in [4.69, 9.17) is 10.3 Å². The minimum absolute atomic E-state index is 0.494. The third kappa shape index (κ3) is 3.61. The van der Waals surface area contributed by atoms with Crippen molar-refractivity contribution in [2.24, 2.45) is 0 Å². The number of nitrogens with zero attached hydrogens (tertiary/aromatic N) is 2. The summed E-state index contributed by atoms with van der Waals surface area (Å²) in [6.07, 6.45) is 6.71. The van der Waals surface area contributed by atoms with Crippen LogP contribution in [0, 0.1) is 0 Å². The lowest BCUT2D eigenvalue weighted by Gasteiger charge is -2.19. The van der Waals surface area contributed by atoms with Crippen LogP contribution in [-0.4, -0.2) is 15.4 Å². The van der Waals surface area contributed by atoms with E-state index in [9.17, 15) is 0 Å². The first-order chi connectivity index (χ1) is 10.2. The predicted molar refractivity (Wildman–Crippen MR) is 90.0 cm³/mol. The topological polar surface area (TPSA) is 64.9 Å². The summed E-state index contributed by atoms with van der Waals surface area (Å²) in [5.74, 6) is 2.05. The van der Waals surface area contributed by atoms with Crippen LogP contribution >= 0.6 is 27.7 Å². The summed E-state index contributed by atoms with van der Waals surface area (Å²) in [7, 11) is 0. The van der Waals surface area contributed by atoms with Gasteiger partial charge in [-0.1, -0.05) is 30.5 Å². The lowest BCUT2D eigenvalue weighted by molar-refractivity contribution is 0.425. The monoisotopic (exact) mass is 367 g/mol. The van der Waals surface area contributed by atoms with E-state index < -0.39 is 0 Å². The molecule has 1 aliphatic carbocycles. The van der Waals surface area contributed by atoms with Crippen molar-refractivity contribution in [2.75, 3.05) is 5.73 Å². The highest BCUT2D eigenvalue weighted by Crippen LogP contribution is 2.32. The molecule has 2 aromatic rings. The zero-order chi connectivity index (χ0) is 14.7. The molecule has 0 atom stereocenters. The zero-order valence-electron chi connectivity index (χ0n) is 11.7. The van der Waals surface area contributed by atoms with Gasteiger partial charge in [0.25, 0.3) is 5.89 Å². The Morgan fingerprint density at radius 2 is 2.10 bits per heavy atom. The number of para-hydroxylation sites is 1. The van der Waals surface area contributed by atoms with E-state index in [0.717, 1.165) is 26.9 Å². The van der Waals surface area contributed by atoms with Crippen LogP contribution in [0.5, 0.6) is 0 Å². The van der Waals surface area contributed by atoms with E-state index in [0.29, 0.717) is 11.6 Å². The number of anilines is 1. The second-order valence-electron chi connectivity index (χ2n) is 5.29. The maximum Gasteiger partial charge on any atom is 0.260 e.